The molecule has 0 unspecified atom stereocenters. The number of hydrogen-bond acceptors (Lipinski definition) is 1. The molecule has 0 heterocycles. The average molecular weight is 217 g/mol. The maximum atomic E-state index is 11.5. The van der Waals surface area contributed by atoms with E-state index in [0.717, 1.165) is 5.56 Å². The van der Waals surface area contributed by atoms with Crippen LogP contribution in [0.3, 0.4) is 0 Å². The second-order valence-corrected chi connectivity index (χ2v) is 8.41. The van der Waals surface area contributed by atoms with Crippen molar-refractivity contribution in [2.45, 2.75) is 6.42 Å². The van der Waals surface area contributed by atoms with Gasteiger partial charge in [-0.15, -0.1) is 9.24 Å². The zero-order valence-electron chi connectivity index (χ0n) is 7.79. The molecule has 72 valence electrons. The maximum Gasteiger partial charge on any atom is 0.188 e. The first-order valence-corrected chi connectivity index (χ1v) is 7.27. The number of rotatable bonds is 2. The number of hydrogen-bond donors (Lipinski definition) is 0. The Morgan fingerprint density at radius 2 is 1.85 bits per heavy atom. The summed E-state index contributed by atoms with van der Waals surface area (Å²) in [4.78, 5) is 11.5. The molecule has 0 saturated heterocycles. The van der Waals surface area contributed by atoms with Crippen LogP contribution in [0.4, 0.5) is 0 Å². The Morgan fingerprint density at radius 1 is 1.31 bits per heavy atom. The average Bonchev–Trinajstić information content (AvgIpc) is 2.04. The van der Waals surface area contributed by atoms with E-state index in [1.54, 1.807) is 12.5 Å². The van der Waals surface area contributed by atoms with E-state index in [-0.39, 0.29) is 5.12 Å². The molecule has 0 saturated carbocycles. The third kappa shape index (κ3) is 3.41. The second-order valence-electron chi connectivity index (χ2n) is 3.24. The van der Waals surface area contributed by atoms with E-state index in [1.165, 1.54) is 0 Å². The van der Waals surface area contributed by atoms with Crippen LogP contribution in [0.15, 0.2) is 30.3 Å². The molecule has 0 bridgehead atoms. The van der Waals surface area contributed by atoms with Gasteiger partial charge in [-0.3, -0.25) is 4.79 Å². The summed E-state index contributed by atoms with van der Waals surface area (Å²) in [5.74, 6) is 0. The van der Waals surface area contributed by atoms with E-state index in [0.29, 0.717) is 6.42 Å². The van der Waals surface area contributed by atoms with Crippen molar-refractivity contribution in [2.24, 2.45) is 0 Å². The van der Waals surface area contributed by atoms with Gasteiger partial charge in [-0.05, 0) is 18.1 Å². The van der Waals surface area contributed by atoms with Crippen LogP contribution in [0.1, 0.15) is 5.56 Å². The van der Waals surface area contributed by atoms with E-state index in [9.17, 15) is 4.79 Å². The molecule has 1 aromatic carbocycles. The van der Waals surface area contributed by atoms with E-state index in [1.807, 2.05) is 30.3 Å². The zero-order valence-corrected chi connectivity index (χ0v) is 9.36. The van der Waals surface area contributed by atoms with E-state index < -0.39 is 9.24 Å². The summed E-state index contributed by atoms with van der Waals surface area (Å²) in [6.07, 6.45) is 4.06. The summed E-state index contributed by atoms with van der Waals surface area (Å²) in [6, 6.07) is 9.69. The van der Waals surface area contributed by atoms with Crippen molar-refractivity contribution < 1.29 is 4.79 Å². The normalized spacial score (nSPS) is 12.5. The predicted molar refractivity (Wildman–Crippen MR) is 60.4 cm³/mol. The van der Waals surface area contributed by atoms with E-state index in [4.69, 9.17) is 10.7 Å². The fourth-order valence-corrected chi connectivity index (χ4v) is 1.61. The highest BCUT2D eigenvalue weighted by atomic mass is 35.7. The van der Waals surface area contributed by atoms with Crippen molar-refractivity contribution in [3.63, 3.8) is 0 Å². The highest BCUT2D eigenvalue weighted by Gasteiger charge is 2.18. The Balaban J connectivity index is 2.66. The van der Waals surface area contributed by atoms with Crippen LogP contribution >= 0.6 is 19.9 Å². The van der Waals surface area contributed by atoms with Crippen LogP contribution in [0, 0.1) is 0 Å². The quantitative estimate of drug-likeness (QED) is 0.743. The zero-order chi connectivity index (χ0) is 9.90. The van der Waals surface area contributed by atoms with Crippen molar-refractivity contribution in [1.29, 1.82) is 0 Å². The van der Waals surface area contributed by atoms with Gasteiger partial charge in [0, 0.05) is 6.42 Å². The Labute approximate surface area is 84.9 Å². The number of carbonyl (C=O) groups is 1. The SMILES string of the molecule is CS(C)(Cl)C(=O)Cc1ccccc1. The Hall–Kier alpha value is -0.470. The van der Waals surface area contributed by atoms with Crippen LogP contribution in [0.25, 0.3) is 0 Å². The lowest BCUT2D eigenvalue weighted by Gasteiger charge is -2.19. The molecule has 0 radical (unpaired) electrons. The highest BCUT2D eigenvalue weighted by Crippen LogP contribution is 2.46. The van der Waals surface area contributed by atoms with Crippen LogP contribution in [0.2, 0.25) is 0 Å². The summed E-state index contributed by atoms with van der Waals surface area (Å²) < 4.78 is 0. The van der Waals surface area contributed by atoms with Gasteiger partial charge in [-0.2, -0.15) is 0 Å². The van der Waals surface area contributed by atoms with Gasteiger partial charge in [0.2, 0.25) is 0 Å². The monoisotopic (exact) mass is 216 g/mol. The largest absolute Gasteiger partial charge is 0.287 e. The van der Waals surface area contributed by atoms with E-state index >= 15 is 0 Å². The predicted octanol–water partition coefficient (Wildman–Crippen LogP) is 2.97. The molecule has 0 aliphatic heterocycles. The summed E-state index contributed by atoms with van der Waals surface area (Å²) in [6.45, 7) is 0. The molecule has 3 heteroatoms. The molecule has 0 fully saturated rings. The number of halogens is 1. The minimum Gasteiger partial charge on any atom is -0.287 e. The Morgan fingerprint density at radius 3 is 2.31 bits per heavy atom. The van der Waals surface area contributed by atoms with E-state index in [2.05, 4.69) is 0 Å². The Bertz CT molecular complexity index is 290. The van der Waals surface area contributed by atoms with Gasteiger partial charge in [-0.1, -0.05) is 41.0 Å². The summed E-state index contributed by atoms with van der Waals surface area (Å²) in [5.41, 5.74) is 1.04. The lowest BCUT2D eigenvalue weighted by Crippen LogP contribution is -2.07. The van der Waals surface area contributed by atoms with Crippen molar-refractivity contribution >= 4 is 25.0 Å². The van der Waals surface area contributed by atoms with Gasteiger partial charge >= 0.3 is 0 Å². The second kappa shape index (κ2) is 4.16. The van der Waals surface area contributed by atoms with Crippen molar-refractivity contribution in [2.75, 3.05) is 12.5 Å². The van der Waals surface area contributed by atoms with Gasteiger partial charge in [0.1, 0.15) is 0 Å². The lowest BCUT2D eigenvalue weighted by molar-refractivity contribution is -0.110. The summed E-state index contributed by atoms with van der Waals surface area (Å²) in [5, 5.41) is 0.139. The van der Waals surface area contributed by atoms with Gasteiger partial charge in [0.15, 0.2) is 5.12 Å². The van der Waals surface area contributed by atoms with Gasteiger partial charge in [0.05, 0.1) is 0 Å². The van der Waals surface area contributed by atoms with Crippen molar-refractivity contribution in [1.82, 2.24) is 0 Å². The molecule has 13 heavy (non-hydrogen) atoms. The fraction of sp³-hybridized carbons (Fsp3) is 0.300. The molecule has 0 aliphatic carbocycles. The molecular formula is C10H13ClOS. The Kier molecular flexibility index (Phi) is 3.40. The summed E-state index contributed by atoms with van der Waals surface area (Å²) in [7, 11) is 4.40. The first-order valence-electron chi connectivity index (χ1n) is 4.00. The van der Waals surface area contributed by atoms with Gasteiger partial charge in [0.25, 0.3) is 0 Å². The molecule has 0 amide bonds. The van der Waals surface area contributed by atoms with Crippen LogP contribution in [-0.2, 0) is 11.2 Å². The first-order chi connectivity index (χ1) is 6.00. The third-order valence-corrected chi connectivity index (χ3v) is 3.48. The first kappa shape index (κ1) is 10.6. The van der Waals surface area contributed by atoms with Crippen molar-refractivity contribution in [3.8, 4) is 0 Å². The molecular weight excluding hydrogens is 204 g/mol. The maximum absolute atomic E-state index is 11.5. The van der Waals surface area contributed by atoms with Gasteiger partial charge < -0.3 is 0 Å². The van der Waals surface area contributed by atoms with Gasteiger partial charge in [-0.25, -0.2) is 0 Å². The molecule has 1 rings (SSSR count). The molecule has 0 atom stereocenters. The minimum atomic E-state index is -1.57. The lowest BCUT2D eigenvalue weighted by atomic mass is 10.2. The molecule has 0 N–H and O–H groups in total. The fourth-order valence-electron chi connectivity index (χ4n) is 0.934. The smallest absolute Gasteiger partial charge is 0.188 e. The molecule has 0 aliphatic rings. The van der Waals surface area contributed by atoms with Crippen LogP contribution in [0.5, 0.6) is 0 Å². The summed E-state index contributed by atoms with van der Waals surface area (Å²) >= 11 is 0. The molecule has 1 aromatic rings. The van der Waals surface area contributed by atoms with Crippen LogP contribution < -0.4 is 0 Å². The third-order valence-electron chi connectivity index (χ3n) is 1.73. The number of benzene rings is 1. The topological polar surface area (TPSA) is 17.1 Å². The number of carbonyl (C=O) groups excluding carboxylic acids is 1. The molecule has 0 spiro atoms. The molecule has 1 nitrogen and oxygen atoms in total. The van der Waals surface area contributed by atoms with Crippen LogP contribution in [-0.4, -0.2) is 17.6 Å². The minimum absolute atomic E-state index is 0.139. The molecule has 0 aromatic heterocycles. The standard InChI is InChI=1S/C10H13ClOS/c1-13(2,11)10(12)8-9-6-4-3-5-7-9/h3-7H,8H2,1-2H3. The van der Waals surface area contributed by atoms with Crippen molar-refractivity contribution in [3.05, 3.63) is 35.9 Å². The highest BCUT2D eigenvalue weighted by molar-refractivity contribution is 8.60.